The smallest absolute Gasteiger partial charge is 0.121 e. The predicted octanol–water partition coefficient (Wildman–Crippen LogP) is 3.26. The number of anilines is 1. The third-order valence-corrected chi connectivity index (χ3v) is 4.51. The number of hydrogen-bond acceptors (Lipinski definition) is 3. The second-order valence-corrected chi connectivity index (χ2v) is 5.51. The van der Waals surface area contributed by atoms with Crippen LogP contribution in [0.1, 0.15) is 32.1 Å². The number of aromatic nitrogens is 1. The topological polar surface area (TPSA) is 24.9 Å². The highest BCUT2D eigenvalue weighted by atomic mass is 32.2. The van der Waals surface area contributed by atoms with E-state index in [1.807, 2.05) is 24.0 Å². The summed E-state index contributed by atoms with van der Waals surface area (Å²) in [7, 11) is 0. The maximum atomic E-state index is 4.41. The minimum absolute atomic E-state index is 0.287. The third kappa shape index (κ3) is 1.31. The highest BCUT2D eigenvalue weighted by Gasteiger charge is 2.39. The van der Waals surface area contributed by atoms with Crippen molar-refractivity contribution in [1.82, 2.24) is 4.98 Å². The highest BCUT2D eigenvalue weighted by molar-refractivity contribution is 8.01. The lowest BCUT2D eigenvalue weighted by molar-refractivity contribution is 0.434. The monoisotopic (exact) mass is 206 g/mol. The van der Waals surface area contributed by atoms with Crippen molar-refractivity contribution >= 4 is 17.4 Å². The minimum atomic E-state index is 0.287. The Morgan fingerprint density at radius 2 is 2.14 bits per heavy atom. The summed E-state index contributed by atoms with van der Waals surface area (Å²) in [5, 5.41) is 4.84. The molecular formula is C11H14N2S. The van der Waals surface area contributed by atoms with Gasteiger partial charge in [0.05, 0.1) is 10.6 Å². The average molecular weight is 206 g/mol. The van der Waals surface area contributed by atoms with Crippen molar-refractivity contribution in [2.75, 3.05) is 5.32 Å². The van der Waals surface area contributed by atoms with Crippen LogP contribution in [0.2, 0.25) is 0 Å². The molecule has 0 amide bonds. The van der Waals surface area contributed by atoms with E-state index < -0.39 is 0 Å². The van der Waals surface area contributed by atoms with Crippen LogP contribution in [0.4, 0.5) is 5.69 Å². The molecule has 2 nitrogen and oxygen atoms in total. The standard InChI is InChI=1S/C11H14N2S/c1-2-6-11(7-3-1)13-9-5-4-8-12-10(9)14-11/h4-5,8,13H,1-3,6-7H2. The zero-order valence-electron chi connectivity index (χ0n) is 8.12. The fraction of sp³-hybridized carbons (Fsp3) is 0.545. The van der Waals surface area contributed by atoms with E-state index in [2.05, 4.69) is 16.4 Å². The van der Waals surface area contributed by atoms with Crippen molar-refractivity contribution in [3.8, 4) is 0 Å². The van der Waals surface area contributed by atoms with Crippen LogP contribution in [-0.2, 0) is 0 Å². The molecule has 2 aliphatic rings. The summed E-state index contributed by atoms with van der Waals surface area (Å²) in [6, 6.07) is 4.15. The van der Waals surface area contributed by atoms with Crippen molar-refractivity contribution in [2.24, 2.45) is 0 Å². The van der Waals surface area contributed by atoms with E-state index in [4.69, 9.17) is 0 Å². The van der Waals surface area contributed by atoms with Crippen LogP contribution in [0.25, 0.3) is 0 Å². The number of fused-ring (bicyclic) bond motifs is 1. The molecule has 14 heavy (non-hydrogen) atoms. The number of hydrogen-bond donors (Lipinski definition) is 1. The largest absolute Gasteiger partial charge is 0.368 e. The fourth-order valence-electron chi connectivity index (χ4n) is 2.37. The highest BCUT2D eigenvalue weighted by Crippen LogP contribution is 2.50. The van der Waals surface area contributed by atoms with Crippen LogP contribution >= 0.6 is 11.8 Å². The van der Waals surface area contributed by atoms with E-state index in [0.717, 1.165) is 0 Å². The van der Waals surface area contributed by atoms with Gasteiger partial charge < -0.3 is 5.32 Å². The molecule has 0 atom stereocenters. The van der Waals surface area contributed by atoms with Crippen LogP contribution in [0.3, 0.4) is 0 Å². The Bertz CT molecular complexity index is 318. The van der Waals surface area contributed by atoms with Crippen molar-refractivity contribution in [3.63, 3.8) is 0 Å². The number of rotatable bonds is 0. The minimum Gasteiger partial charge on any atom is -0.368 e. The molecule has 3 heteroatoms. The lowest BCUT2D eigenvalue weighted by atomic mass is 9.94. The molecule has 3 rings (SSSR count). The molecule has 1 saturated carbocycles. The maximum Gasteiger partial charge on any atom is 0.121 e. The van der Waals surface area contributed by atoms with Gasteiger partial charge in [0.1, 0.15) is 5.03 Å². The lowest BCUT2D eigenvalue weighted by Gasteiger charge is -2.32. The Hall–Kier alpha value is -0.700. The van der Waals surface area contributed by atoms with Gasteiger partial charge >= 0.3 is 0 Å². The SMILES string of the molecule is c1cnc2c(c1)NC1(CCCCC1)S2. The van der Waals surface area contributed by atoms with E-state index in [1.165, 1.54) is 42.8 Å². The molecule has 0 aromatic carbocycles. The Balaban J connectivity index is 1.89. The van der Waals surface area contributed by atoms with Crippen molar-refractivity contribution in [1.29, 1.82) is 0 Å². The lowest BCUT2D eigenvalue weighted by Crippen LogP contribution is -2.33. The van der Waals surface area contributed by atoms with Gasteiger partial charge in [-0.05, 0) is 25.0 Å². The molecule has 1 aliphatic carbocycles. The summed E-state index contributed by atoms with van der Waals surface area (Å²) < 4.78 is 0. The van der Waals surface area contributed by atoms with Crippen LogP contribution in [-0.4, -0.2) is 9.85 Å². The van der Waals surface area contributed by atoms with E-state index in [1.54, 1.807) is 0 Å². The summed E-state index contributed by atoms with van der Waals surface area (Å²) in [4.78, 5) is 4.70. The number of pyridine rings is 1. The first-order valence-electron chi connectivity index (χ1n) is 5.30. The number of nitrogens with zero attached hydrogens (tertiary/aromatic N) is 1. The summed E-state index contributed by atoms with van der Waals surface area (Å²) in [6.07, 6.45) is 8.56. The molecule has 1 aromatic rings. The molecule has 0 saturated heterocycles. The van der Waals surface area contributed by atoms with Crippen molar-refractivity contribution < 1.29 is 0 Å². The van der Waals surface area contributed by atoms with Crippen LogP contribution < -0.4 is 5.32 Å². The molecule has 1 spiro atoms. The van der Waals surface area contributed by atoms with Crippen molar-refractivity contribution in [2.45, 2.75) is 42.0 Å². The molecule has 0 radical (unpaired) electrons. The van der Waals surface area contributed by atoms with Crippen LogP contribution in [0.15, 0.2) is 23.4 Å². The summed E-state index contributed by atoms with van der Waals surface area (Å²) >= 11 is 1.94. The normalized spacial score (nSPS) is 23.1. The molecule has 0 bridgehead atoms. The first kappa shape index (κ1) is 8.60. The number of thioether (sulfide) groups is 1. The molecule has 1 N–H and O–H groups in total. The van der Waals surface area contributed by atoms with E-state index in [-0.39, 0.29) is 4.87 Å². The molecular weight excluding hydrogens is 192 g/mol. The third-order valence-electron chi connectivity index (χ3n) is 3.09. The first-order chi connectivity index (χ1) is 6.88. The molecule has 74 valence electrons. The van der Waals surface area contributed by atoms with Crippen molar-refractivity contribution in [3.05, 3.63) is 18.3 Å². The van der Waals surface area contributed by atoms with Gasteiger partial charge in [0.2, 0.25) is 0 Å². The molecule has 2 heterocycles. The zero-order chi connectivity index (χ0) is 9.43. The Morgan fingerprint density at radius 1 is 1.29 bits per heavy atom. The average Bonchev–Trinajstić information content (AvgIpc) is 2.56. The van der Waals surface area contributed by atoms with Crippen LogP contribution in [0, 0.1) is 0 Å². The molecule has 1 aromatic heterocycles. The van der Waals surface area contributed by atoms with E-state index in [9.17, 15) is 0 Å². The van der Waals surface area contributed by atoms with Crippen LogP contribution in [0.5, 0.6) is 0 Å². The van der Waals surface area contributed by atoms with Gasteiger partial charge in [-0.15, -0.1) is 0 Å². The number of nitrogens with one attached hydrogen (secondary N) is 1. The van der Waals surface area contributed by atoms with Gasteiger partial charge in [-0.25, -0.2) is 4.98 Å². The zero-order valence-corrected chi connectivity index (χ0v) is 8.94. The maximum absolute atomic E-state index is 4.41. The summed E-state index contributed by atoms with van der Waals surface area (Å²) in [5.41, 5.74) is 1.24. The fourth-order valence-corrected chi connectivity index (χ4v) is 3.74. The Labute approximate surface area is 88.5 Å². The Kier molecular flexibility index (Phi) is 1.94. The second-order valence-electron chi connectivity index (χ2n) is 4.14. The van der Waals surface area contributed by atoms with Gasteiger partial charge in [0.15, 0.2) is 0 Å². The summed E-state index contributed by atoms with van der Waals surface area (Å²) in [6.45, 7) is 0. The second kappa shape index (κ2) is 3.16. The van der Waals surface area contributed by atoms with E-state index in [0.29, 0.717) is 0 Å². The quantitative estimate of drug-likeness (QED) is 0.705. The molecule has 1 aliphatic heterocycles. The Morgan fingerprint density at radius 3 is 2.93 bits per heavy atom. The first-order valence-corrected chi connectivity index (χ1v) is 6.12. The van der Waals surface area contributed by atoms with Gasteiger partial charge in [-0.3, -0.25) is 0 Å². The van der Waals surface area contributed by atoms with E-state index >= 15 is 0 Å². The molecule has 0 unspecified atom stereocenters. The van der Waals surface area contributed by atoms with Gasteiger partial charge in [-0.1, -0.05) is 31.0 Å². The van der Waals surface area contributed by atoms with Gasteiger partial charge in [-0.2, -0.15) is 0 Å². The predicted molar refractivity (Wildman–Crippen MR) is 59.5 cm³/mol. The van der Waals surface area contributed by atoms with Gasteiger partial charge in [0.25, 0.3) is 0 Å². The molecule has 1 fully saturated rings. The van der Waals surface area contributed by atoms with Gasteiger partial charge in [0, 0.05) is 6.20 Å². The summed E-state index contributed by atoms with van der Waals surface area (Å²) in [5.74, 6) is 0.